The first-order valence-electron chi connectivity index (χ1n) is 12.9. The number of hydrogen-bond donors (Lipinski definition) is 1. The summed E-state index contributed by atoms with van der Waals surface area (Å²) in [6, 6.07) is 13.5. The van der Waals surface area contributed by atoms with Gasteiger partial charge in [0.2, 0.25) is 11.8 Å². The van der Waals surface area contributed by atoms with Crippen molar-refractivity contribution in [2.24, 2.45) is 5.92 Å². The third kappa shape index (κ3) is 6.72. The molecule has 2 aromatic rings. The molecule has 9 heteroatoms. The van der Waals surface area contributed by atoms with Crippen LogP contribution in [0.3, 0.4) is 0 Å². The number of halogens is 4. The van der Waals surface area contributed by atoms with Crippen molar-refractivity contribution in [3.8, 4) is 6.07 Å². The van der Waals surface area contributed by atoms with E-state index in [-0.39, 0.29) is 23.8 Å². The number of amides is 2. The van der Waals surface area contributed by atoms with Gasteiger partial charge in [-0.3, -0.25) is 9.59 Å². The van der Waals surface area contributed by atoms with Crippen LogP contribution < -0.4 is 5.32 Å². The molecule has 1 saturated heterocycles. The molecule has 0 aliphatic carbocycles. The SMILES string of the molecule is CC(C)[C@@](C#N)(CCCCC(=O)N1CCC[C@@H]1C(=O)NCc1cc(C(F)(F)F)ccc1F)c1ccccc1. The molecule has 5 nitrogen and oxygen atoms in total. The summed E-state index contributed by atoms with van der Waals surface area (Å²) in [5.74, 6) is -1.46. The monoisotopic (exact) mass is 531 g/mol. The fourth-order valence-corrected chi connectivity index (χ4v) is 5.10. The molecule has 0 unspecified atom stereocenters. The van der Waals surface area contributed by atoms with Crippen LogP contribution in [0.15, 0.2) is 48.5 Å². The van der Waals surface area contributed by atoms with E-state index in [2.05, 4.69) is 11.4 Å². The third-order valence-electron chi connectivity index (χ3n) is 7.39. The molecule has 0 spiro atoms. The van der Waals surface area contributed by atoms with Crippen LogP contribution in [0, 0.1) is 23.1 Å². The van der Waals surface area contributed by atoms with Crippen LogP contribution in [-0.2, 0) is 27.7 Å². The van der Waals surface area contributed by atoms with E-state index in [1.165, 1.54) is 4.90 Å². The lowest BCUT2D eigenvalue weighted by molar-refractivity contribution is -0.138. The molecule has 1 fully saturated rings. The molecule has 0 saturated carbocycles. The number of carbonyl (C=O) groups is 2. The predicted octanol–water partition coefficient (Wildman–Crippen LogP) is 6.13. The van der Waals surface area contributed by atoms with E-state index in [0.29, 0.717) is 50.8 Å². The number of rotatable bonds is 10. The lowest BCUT2D eigenvalue weighted by Gasteiger charge is -2.31. The van der Waals surface area contributed by atoms with Gasteiger partial charge in [-0.25, -0.2) is 4.39 Å². The lowest BCUT2D eigenvalue weighted by atomic mass is 9.69. The Morgan fingerprint density at radius 1 is 1.11 bits per heavy atom. The Morgan fingerprint density at radius 3 is 2.45 bits per heavy atom. The first kappa shape index (κ1) is 29.2. The van der Waals surface area contributed by atoms with E-state index in [1.54, 1.807) is 0 Å². The number of alkyl halides is 3. The van der Waals surface area contributed by atoms with E-state index in [4.69, 9.17) is 0 Å². The number of carbonyl (C=O) groups excluding carboxylic acids is 2. The van der Waals surface area contributed by atoms with Crippen LogP contribution in [0.2, 0.25) is 0 Å². The molecule has 2 amide bonds. The fraction of sp³-hybridized carbons (Fsp3) is 0.483. The molecular weight excluding hydrogens is 498 g/mol. The standard InChI is InChI=1S/C29H33F4N3O2/c1-20(2)28(19-34,22-9-4-3-5-10-22)15-7-6-12-26(37)36-16-8-11-25(36)27(38)35-18-21-17-23(29(31,32)33)13-14-24(21)30/h3-5,9-10,13-14,17,20,25H,6-8,11-12,15-16,18H2,1-2H3,(H,35,38)/t25-,28+/m1/s1. The normalized spacial score (nSPS) is 17.2. The molecule has 1 heterocycles. The van der Waals surface area contributed by atoms with Gasteiger partial charge in [-0.1, -0.05) is 50.6 Å². The van der Waals surface area contributed by atoms with Gasteiger partial charge in [-0.05, 0) is 55.4 Å². The van der Waals surface area contributed by atoms with Gasteiger partial charge in [-0.15, -0.1) is 0 Å². The summed E-state index contributed by atoms with van der Waals surface area (Å²) in [6.07, 6.45) is -1.52. The Bertz CT molecular complexity index is 1160. The van der Waals surface area contributed by atoms with E-state index in [9.17, 15) is 32.4 Å². The molecule has 0 aromatic heterocycles. The Hall–Kier alpha value is -3.41. The van der Waals surface area contributed by atoms with Crippen LogP contribution in [0.4, 0.5) is 17.6 Å². The number of nitriles is 1. The minimum atomic E-state index is -4.62. The van der Waals surface area contributed by atoms with E-state index < -0.39 is 41.5 Å². The van der Waals surface area contributed by atoms with Crippen molar-refractivity contribution in [2.75, 3.05) is 6.54 Å². The summed E-state index contributed by atoms with van der Waals surface area (Å²) in [5.41, 5.74) is -0.962. The first-order chi connectivity index (χ1) is 18.0. The molecule has 204 valence electrons. The first-order valence-corrected chi connectivity index (χ1v) is 12.9. The fourth-order valence-electron chi connectivity index (χ4n) is 5.10. The Balaban J connectivity index is 1.55. The van der Waals surface area contributed by atoms with Gasteiger partial charge >= 0.3 is 6.18 Å². The zero-order valence-electron chi connectivity index (χ0n) is 21.7. The quantitative estimate of drug-likeness (QED) is 0.296. The summed E-state index contributed by atoms with van der Waals surface area (Å²) in [7, 11) is 0. The molecule has 0 bridgehead atoms. The van der Waals surface area contributed by atoms with Crippen molar-refractivity contribution in [3.05, 3.63) is 71.0 Å². The lowest BCUT2D eigenvalue weighted by Crippen LogP contribution is -2.45. The van der Waals surface area contributed by atoms with Crippen molar-refractivity contribution in [1.29, 1.82) is 5.26 Å². The largest absolute Gasteiger partial charge is 0.416 e. The number of unbranched alkanes of at least 4 members (excludes halogenated alkanes) is 1. The Kier molecular flexibility index (Phi) is 9.53. The highest BCUT2D eigenvalue weighted by Gasteiger charge is 2.37. The average molecular weight is 532 g/mol. The van der Waals surface area contributed by atoms with Gasteiger partial charge < -0.3 is 10.2 Å². The van der Waals surface area contributed by atoms with Gasteiger partial charge in [0.15, 0.2) is 0 Å². The summed E-state index contributed by atoms with van der Waals surface area (Å²) >= 11 is 0. The van der Waals surface area contributed by atoms with Crippen LogP contribution >= 0.6 is 0 Å². The predicted molar refractivity (Wildman–Crippen MR) is 135 cm³/mol. The highest BCUT2D eigenvalue weighted by Crippen LogP contribution is 2.37. The second kappa shape index (κ2) is 12.4. The summed E-state index contributed by atoms with van der Waals surface area (Å²) < 4.78 is 52.9. The van der Waals surface area contributed by atoms with Gasteiger partial charge in [0.25, 0.3) is 0 Å². The number of hydrogen-bond acceptors (Lipinski definition) is 3. The zero-order valence-corrected chi connectivity index (χ0v) is 21.7. The second-order valence-electron chi connectivity index (χ2n) is 10.1. The summed E-state index contributed by atoms with van der Waals surface area (Å²) in [6.45, 7) is 4.03. The second-order valence-corrected chi connectivity index (χ2v) is 10.1. The molecule has 3 rings (SSSR count). The maximum atomic E-state index is 14.0. The zero-order chi connectivity index (χ0) is 27.9. The highest BCUT2D eigenvalue weighted by atomic mass is 19.4. The molecule has 2 atom stereocenters. The summed E-state index contributed by atoms with van der Waals surface area (Å²) in [5, 5.41) is 12.5. The average Bonchev–Trinajstić information content (AvgIpc) is 3.38. The van der Waals surface area contributed by atoms with E-state index >= 15 is 0 Å². The van der Waals surface area contributed by atoms with Gasteiger partial charge in [-0.2, -0.15) is 18.4 Å². The highest BCUT2D eigenvalue weighted by molar-refractivity contribution is 5.88. The van der Waals surface area contributed by atoms with Crippen molar-refractivity contribution >= 4 is 11.8 Å². The Labute approximate surface area is 220 Å². The van der Waals surface area contributed by atoms with Gasteiger partial charge in [0.05, 0.1) is 17.0 Å². The maximum Gasteiger partial charge on any atom is 0.416 e. The van der Waals surface area contributed by atoms with Gasteiger partial charge in [0, 0.05) is 25.1 Å². The number of likely N-dealkylation sites (tertiary alicyclic amines) is 1. The van der Waals surface area contributed by atoms with Crippen LogP contribution in [-0.4, -0.2) is 29.3 Å². The molecule has 1 aliphatic heterocycles. The number of nitrogens with one attached hydrogen (secondary N) is 1. The molecule has 0 radical (unpaired) electrons. The number of benzene rings is 2. The molecular formula is C29H33F4N3O2. The maximum absolute atomic E-state index is 14.0. The van der Waals surface area contributed by atoms with Crippen molar-refractivity contribution in [2.45, 2.75) is 76.6 Å². The van der Waals surface area contributed by atoms with E-state index in [0.717, 1.165) is 11.6 Å². The molecule has 1 aliphatic rings. The van der Waals surface area contributed by atoms with Crippen molar-refractivity contribution in [3.63, 3.8) is 0 Å². The Morgan fingerprint density at radius 2 is 1.82 bits per heavy atom. The summed E-state index contributed by atoms with van der Waals surface area (Å²) in [4.78, 5) is 27.2. The molecule has 38 heavy (non-hydrogen) atoms. The van der Waals surface area contributed by atoms with E-state index in [1.807, 2.05) is 44.2 Å². The third-order valence-corrected chi connectivity index (χ3v) is 7.39. The number of nitrogens with zero attached hydrogens (tertiary/aromatic N) is 2. The minimum absolute atomic E-state index is 0.0823. The minimum Gasteiger partial charge on any atom is -0.350 e. The molecule has 2 aromatic carbocycles. The molecule has 1 N–H and O–H groups in total. The smallest absolute Gasteiger partial charge is 0.350 e. The van der Waals surface area contributed by atoms with Crippen molar-refractivity contribution < 1.29 is 27.2 Å². The van der Waals surface area contributed by atoms with Crippen molar-refractivity contribution in [1.82, 2.24) is 10.2 Å². The van der Waals surface area contributed by atoms with Crippen LogP contribution in [0.1, 0.15) is 69.1 Å². The van der Waals surface area contributed by atoms with Crippen LogP contribution in [0.5, 0.6) is 0 Å². The van der Waals surface area contributed by atoms with Gasteiger partial charge in [0.1, 0.15) is 11.9 Å². The topological polar surface area (TPSA) is 73.2 Å². The van der Waals surface area contributed by atoms with Crippen LogP contribution in [0.25, 0.3) is 0 Å².